The number of hydrogen-bond acceptors (Lipinski definition) is 5. The molecule has 1 unspecified atom stereocenters. The van der Waals surface area contributed by atoms with Gasteiger partial charge >= 0.3 is 0 Å². The Morgan fingerprint density at radius 1 is 1.28 bits per heavy atom. The standard InChI is InChI=1S/C18H25NO5S/c1-3-5-7-8-13-17(18(20)19-21)25(22,23)16-12-10-9-11-15(16)24-14-6-4-2/h9-12,17,21H,3,5,7-8,13-14H2,1-2H3,(H,19,20). The Bertz CT molecular complexity index is 718. The maximum atomic E-state index is 13.0. The van der Waals surface area contributed by atoms with Crippen LogP contribution in [0.4, 0.5) is 0 Å². The maximum Gasteiger partial charge on any atom is 0.262 e. The summed E-state index contributed by atoms with van der Waals surface area (Å²) in [7, 11) is -4.01. The predicted octanol–water partition coefficient (Wildman–Crippen LogP) is 2.71. The minimum atomic E-state index is -4.01. The average Bonchev–Trinajstić information content (AvgIpc) is 2.61. The first-order chi connectivity index (χ1) is 12.0. The van der Waals surface area contributed by atoms with E-state index in [2.05, 4.69) is 11.8 Å². The molecule has 0 aliphatic heterocycles. The fourth-order valence-electron chi connectivity index (χ4n) is 2.40. The topological polar surface area (TPSA) is 92.7 Å². The molecule has 1 atom stereocenters. The van der Waals surface area contributed by atoms with Gasteiger partial charge in [0.05, 0.1) is 0 Å². The number of amides is 1. The molecular formula is C18H25NO5S. The Hall–Kier alpha value is -2.04. The summed E-state index contributed by atoms with van der Waals surface area (Å²) in [5.41, 5.74) is 1.47. The molecule has 1 rings (SSSR count). The van der Waals surface area contributed by atoms with Gasteiger partial charge in [-0.15, -0.1) is 5.92 Å². The smallest absolute Gasteiger partial charge is 0.262 e. The summed E-state index contributed by atoms with van der Waals surface area (Å²) in [5.74, 6) is 4.58. The van der Waals surface area contributed by atoms with Gasteiger partial charge < -0.3 is 4.74 Å². The van der Waals surface area contributed by atoms with Crippen molar-refractivity contribution in [2.24, 2.45) is 0 Å². The summed E-state index contributed by atoms with van der Waals surface area (Å²) in [5, 5.41) is 7.58. The Balaban J connectivity index is 3.11. The van der Waals surface area contributed by atoms with Crippen molar-refractivity contribution >= 4 is 15.7 Å². The number of ether oxygens (including phenoxy) is 1. The summed E-state index contributed by atoms with van der Waals surface area (Å²) in [6.45, 7) is 3.75. The quantitative estimate of drug-likeness (QED) is 0.287. The first-order valence-electron chi connectivity index (χ1n) is 8.28. The Kier molecular flexibility index (Phi) is 9.03. The fraction of sp³-hybridized carbons (Fsp3) is 0.500. The van der Waals surface area contributed by atoms with Crippen LogP contribution in [-0.2, 0) is 14.6 Å². The van der Waals surface area contributed by atoms with Crippen LogP contribution in [0, 0.1) is 11.8 Å². The minimum absolute atomic E-state index is 0.0520. The van der Waals surface area contributed by atoms with Gasteiger partial charge in [-0.25, -0.2) is 13.9 Å². The van der Waals surface area contributed by atoms with E-state index in [9.17, 15) is 13.2 Å². The lowest BCUT2D eigenvalue weighted by atomic mass is 10.1. The van der Waals surface area contributed by atoms with Gasteiger partial charge in [0.25, 0.3) is 5.91 Å². The largest absolute Gasteiger partial charge is 0.480 e. The van der Waals surface area contributed by atoms with Gasteiger partial charge in [0, 0.05) is 0 Å². The molecule has 7 heteroatoms. The van der Waals surface area contributed by atoms with Crippen molar-refractivity contribution in [1.82, 2.24) is 5.48 Å². The van der Waals surface area contributed by atoms with E-state index in [1.54, 1.807) is 19.1 Å². The van der Waals surface area contributed by atoms with Crippen molar-refractivity contribution in [2.75, 3.05) is 6.61 Å². The molecule has 6 nitrogen and oxygen atoms in total. The number of rotatable bonds is 10. The number of hydroxylamine groups is 1. The Morgan fingerprint density at radius 2 is 2.00 bits per heavy atom. The van der Waals surface area contributed by atoms with Crippen LogP contribution in [0.5, 0.6) is 5.75 Å². The third kappa shape index (κ3) is 6.07. The normalized spacial score (nSPS) is 12.0. The second-order valence-electron chi connectivity index (χ2n) is 5.52. The highest BCUT2D eigenvalue weighted by Crippen LogP contribution is 2.29. The van der Waals surface area contributed by atoms with Crippen LogP contribution < -0.4 is 10.2 Å². The molecule has 0 saturated heterocycles. The molecule has 0 bridgehead atoms. The number of carbonyl (C=O) groups is 1. The molecule has 0 radical (unpaired) electrons. The third-order valence-electron chi connectivity index (χ3n) is 3.73. The zero-order valence-electron chi connectivity index (χ0n) is 14.6. The first-order valence-corrected chi connectivity index (χ1v) is 9.82. The molecule has 0 spiro atoms. The third-order valence-corrected chi connectivity index (χ3v) is 5.88. The van der Waals surface area contributed by atoms with Gasteiger partial charge in [0.1, 0.15) is 22.5 Å². The van der Waals surface area contributed by atoms with Gasteiger partial charge in [-0.05, 0) is 25.5 Å². The molecule has 0 aliphatic rings. The summed E-state index contributed by atoms with van der Waals surface area (Å²) in [4.78, 5) is 11.9. The van der Waals surface area contributed by atoms with Crippen molar-refractivity contribution in [2.45, 2.75) is 56.1 Å². The van der Waals surface area contributed by atoms with E-state index in [-0.39, 0.29) is 23.7 Å². The van der Waals surface area contributed by atoms with E-state index in [0.717, 1.165) is 19.3 Å². The Morgan fingerprint density at radius 3 is 2.64 bits per heavy atom. The summed E-state index contributed by atoms with van der Waals surface area (Å²) < 4.78 is 31.3. The van der Waals surface area contributed by atoms with Gasteiger partial charge in [0.15, 0.2) is 9.84 Å². The number of sulfone groups is 1. The van der Waals surface area contributed by atoms with Crippen LogP contribution in [-0.4, -0.2) is 31.4 Å². The molecule has 0 aliphatic carbocycles. The summed E-state index contributed by atoms with van der Waals surface area (Å²) >= 11 is 0. The number of carbonyl (C=O) groups excluding carboxylic acids is 1. The lowest BCUT2D eigenvalue weighted by molar-refractivity contribution is -0.128. The van der Waals surface area contributed by atoms with Gasteiger partial charge in [-0.1, -0.05) is 50.7 Å². The van der Waals surface area contributed by atoms with Crippen LogP contribution in [0.1, 0.15) is 46.0 Å². The molecule has 1 amide bonds. The highest BCUT2D eigenvalue weighted by Gasteiger charge is 2.35. The molecule has 2 N–H and O–H groups in total. The molecule has 0 aromatic heterocycles. The number of hydrogen-bond donors (Lipinski definition) is 2. The SMILES string of the molecule is CC#CCOc1ccccc1S(=O)(=O)C(CCCCCC)C(=O)NO. The zero-order valence-corrected chi connectivity index (χ0v) is 15.4. The van der Waals surface area contributed by atoms with Gasteiger partial charge in [-0.2, -0.15) is 0 Å². The first kappa shape index (κ1) is 21.0. The van der Waals surface area contributed by atoms with Crippen LogP contribution in [0.15, 0.2) is 29.2 Å². The highest BCUT2D eigenvalue weighted by atomic mass is 32.2. The molecule has 1 aromatic carbocycles. The minimum Gasteiger partial charge on any atom is -0.480 e. The van der Waals surface area contributed by atoms with Crippen molar-refractivity contribution in [3.63, 3.8) is 0 Å². The Labute approximate surface area is 149 Å². The van der Waals surface area contributed by atoms with Gasteiger partial charge in [0.2, 0.25) is 0 Å². The predicted molar refractivity (Wildman–Crippen MR) is 95.0 cm³/mol. The van der Waals surface area contributed by atoms with Crippen molar-refractivity contribution in [1.29, 1.82) is 0 Å². The molecule has 0 heterocycles. The molecule has 138 valence electrons. The van der Waals surface area contributed by atoms with Crippen LogP contribution in [0.25, 0.3) is 0 Å². The summed E-state index contributed by atoms with van der Waals surface area (Å²) in [6.07, 6.45) is 3.50. The lowest BCUT2D eigenvalue weighted by Gasteiger charge is -2.18. The zero-order chi connectivity index (χ0) is 18.7. The average molecular weight is 367 g/mol. The van der Waals surface area contributed by atoms with E-state index in [0.29, 0.717) is 6.42 Å². The second kappa shape index (κ2) is 10.7. The van der Waals surface area contributed by atoms with Gasteiger partial charge in [-0.3, -0.25) is 10.0 Å². The number of benzene rings is 1. The molecule has 25 heavy (non-hydrogen) atoms. The fourth-order valence-corrected chi connectivity index (χ4v) is 4.19. The number of nitrogens with one attached hydrogen (secondary N) is 1. The van der Waals surface area contributed by atoms with Crippen molar-refractivity contribution < 1.29 is 23.2 Å². The molecule has 0 saturated carbocycles. The van der Waals surface area contributed by atoms with Crippen molar-refractivity contribution in [3.8, 4) is 17.6 Å². The molecule has 1 aromatic rings. The number of unbranched alkanes of at least 4 members (excludes halogenated alkanes) is 3. The maximum absolute atomic E-state index is 13.0. The van der Waals surface area contributed by atoms with E-state index >= 15 is 0 Å². The summed E-state index contributed by atoms with van der Waals surface area (Å²) in [6, 6.07) is 6.13. The second-order valence-corrected chi connectivity index (χ2v) is 7.62. The van der Waals surface area contributed by atoms with Crippen LogP contribution in [0.3, 0.4) is 0 Å². The van der Waals surface area contributed by atoms with Crippen molar-refractivity contribution in [3.05, 3.63) is 24.3 Å². The lowest BCUT2D eigenvalue weighted by Crippen LogP contribution is -2.38. The monoisotopic (exact) mass is 367 g/mol. The highest BCUT2D eigenvalue weighted by molar-refractivity contribution is 7.93. The molecular weight excluding hydrogens is 342 g/mol. The number of para-hydroxylation sites is 1. The van der Waals surface area contributed by atoms with E-state index < -0.39 is 21.0 Å². The van der Waals surface area contributed by atoms with Crippen LogP contribution in [0.2, 0.25) is 0 Å². The van der Waals surface area contributed by atoms with E-state index in [1.807, 2.05) is 6.92 Å². The van der Waals surface area contributed by atoms with Crippen LogP contribution >= 0.6 is 0 Å². The molecule has 0 fully saturated rings. The van der Waals surface area contributed by atoms with E-state index in [4.69, 9.17) is 9.94 Å². The van der Waals surface area contributed by atoms with E-state index in [1.165, 1.54) is 17.6 Å².